The van der Waals surface area contributed by atoms with Crippen molar-refractivity contribution in [3.8, 4) is 0 Å². The maximum Gasteiger partial charge on any atom is 0.257 e. The van der Waals surface area contributed by atoms with E-state index < -0.39 is 0 Å². The Morgan fingerprint density at radius 1 is 1.00 bits per heavy atom. The van der Waals surface area contributed by atoms with Gasteiger partial charge in [0.25, 0.3) is 5.91 Å². The zero-order valence-corrected chi connectivity index (χ0v) is 19.8. The van der Waals surface area contributed by atoms with Crippen molar-refractivity contribution in [2.24, 2.45) is 0 Å². The number of amides is 2. The molecule has 184 valence electrons. The van der Waals surface area contributed by atoms with Crippen LogP contribution in [0, 0.1) is 5.82 Å². The lowest BCUT2D eigenvalue weighted by Gasteiger charge is -2.33. The summed E-state index contributed by atoms with van der Waals surface area (Å²) in [5.41, 5.74) is 1.22. The molecule has 10 heteroatoms. The fraction of sp³-hybridized carbons (Fsp3) is 0.360. The fourth-order valence-electron chi connectivity index (χ4n) is 3.78. The lowest BCUT2D eigenvalue weighted by Crippen LogP contribution is -2.48. The Bertz CT molecular complexity index is 1160. The van der Waals surface area contributed by atoms with Crippen LogP contribution in [-0.4, -0.2) is 64.5 Å². The second kappa shape index (κ2) is 11.2. The topological polar surface area (TPSA) is 104 Å². The van der Waals surface area contributed by atoms with Crippen molar-refractivity contribution in [1.29, 1.82) is 0 Å². The third-order valence-corrected chi connectivity index (χ3v) is 5.74. The van der Waals surface area contributed by atoms with E-state index in [-0.39, 0.29) is 30.1 Å². The van der Waals surface area contributed by atoms with Gasteiger partial charge in [-0.1, -0.05) is 31.1 Å². The Balaban J connectivity index is 1.27. The molecule has 1 fully saturated rings. The molecule has 0 radical (unpaired) electrons. The molecule has 0 saturated carbocycles. The first-order chi connectivity index (χ1) is 16.9. The van der Waals surface area contributed by atoms with E-state index in [1.54, 1.807) is 24.3 Å². The van der Waals surface area contributed by atoms with Crippen molar-refractivity contribution < 1.29 is 18.5 Å². The normalized spacial score (nSPS) is 14.7. The molecule has 2 aromatic carbocycles. The molecular weight excluding hydrogens is 451 g/mol. The van der Waals surface area contributed by atoms with Crippen LogP contribution in [0.25, 0.3) is 0 Å². The van der Waals surface area contributed by atoms with Crippen molar-refractivity contribution in [1.82, 2.24) is 19.9 Å². The summed E-state index contributed by atoms with van der Waals surface area (Å²) in [5.74, 6) is 0.576. The second-order valence-electron chi connectivity index (χ2n) is 8.81. The highest BCUT2D eigenvalue weighted by Crippen LogP contribution is 2.18. The standard InChI is InChI=1S/C25H29FN6O3/c1-17(2)24-29-23(35-30-24)16-32-13-11-31(12-14-32)15-22(33)28-21-6-4-3-5-20(21)25(34)27-19-9-7-18(26)8-10-19/h3-10,17H,11-16H2,1-2H3,(H,27,34)(H,28,33). The molecule has 1 aliphatic rings. The Kier molecular flexibility index (Phi) is 7.84. The van der Waals surface area contributed by atoms with Gasteiger partial charge in [-0.3, -0.25) is 19.4 Å². The van der Waals surface area contributed by atoms with Crippen molar-refractivity contribution in [2.75, 3.05) is 43.4 Å². The first-order valence-corrected chi connectivity index (χ1v) is 11.6. The summed E-state index contributed by atoms with van der Waals surface area (Å²) in [5, 5.41) is 9.57. The number of hydrogen-bond acceptors (Lipinski definition) is 7. The summed E-state index contributed by atoms with van der Waals surface area (Å²) in [6, 6.07) is 12.3. The molecule has 2 amide bonds. The quantitative estimate of drug-likeness (QED) is 0.510. The number of piperazine rings is 1. The van der Waals surface area contributed by atoms with E-state index in [4.69, 9.17) is 4.52 Å². The molecule has 1 aliphatic heterocycles. The zero-order chi connectivity index (χ0) is 24.8. The molecule has 1 aromatic heterocycles. The van der Waals surface area contributed by atoms with Gasteiger partial charge in [0.05, 0.1) is 24.3 Å². The van der Waals surface area contributed by atoms with E-state index in [0.29, 0.717) is 35.2 Å². The second-order valence-corrected chi connectivity index (χ2v) is 8.81. The van der Waals surface area contributed by atoms with Crippen LogP contribution in [-0.2, 0) is 11.3 Å². The molecule has 1 saturated heterocycles. The number of carbonyl (C=O) groups is 2. The largest absolute Gasteiger partial charge is 0.338 e. The number of anilines is 2. The van der Waals surface area contributed by atoms with E-state index in [1.807, 2.05) is 13.8 Å². The fourth-order valence-corrected chi connectivity index (χ4v) is 3.78. The number of halogens is 1. The molecule has 35 heavy (non-hydrogen) atoms. The number of para-hydroxylation sites is 1. The predicted octanol–water partition coefficient (Wildman–Crippen LogP) is 3.34. The minimum absolute atomic E-state index is 0.195. The number of hydrogen-bond donors (Lipinski definition) is 2. The van der Waals surface area contributed by atoms with Gasteiger partial charge in [0.1, 0.15) is 5.82 Å². The van der Waals surface area contributed by atoms with Crippen LogP contribution < -0.4 is 10.6 Å². The van der Waals surface area contributed by atoms with Gasteiger partial charge in [-0.25, -0.2) is 4.39 Å². The SMILES string of the molecule is CC(C)c1noc(CN2CCN(CC(=O)Nc3ccccc3C(=O)Nc3ccc(F)cc3)CC2)n1. The van der Waals surface area contributed by atoms with Crippen LogP contribution in [0.1, 0.15) is 41.8 Å². The molecule has 0 spiro atoms. The third-order valence-electron chi connectivity index (χ3n) is 5.74. The number of aromatic nitrogens is 2. The summed E-state index contributed by atoms with van der Waals surface area (Å²) in [6.07, 6.45) is 0. The summed E-state index contributed by atoms with van der Waals surface area (Å²) < 4.78 is 18.4. The Hall–Kier alpha value is -3.63. The Morgan fingerprint density at radius 2 is 1.69 bits per heavy atom. The minimum Gasteiger partial charge on any atom is -0.338 e. The van der Waals surface area contributed by atoms with Gasteiger partial charge in [-0.15, -0.1) is 0 Å². The van der Waals surface area contributed by atoms with Gasteiger partial charge in [-0.2, -0.15) is 4.98 Å². The van der Waals surface area contributed by atoms with E-state index in [2.05, 4.69) is 30.6 Å². The van der Waals surface area contributed by atoms with Crippen molar-refractivity contribution in [2.45, 2.75) is 26.3 Å². The summed E-state index contributed by atoms with van der Waals surface area (Å²) in [6.45, 7) is 7.88. The van der Waals surface area contributed by atoms with E-state index >= 15 is 0 Å². The van der Waals surface area contributed by atoms with Crippen LogP contribution in [0.4, 0.5) is 15.8 Å². The van der Waals surface area contributed by atoms with E-state index in [0.717, 1.165) is 26.2 Å². The first-order valence-electron chi connectivity index (χ1n) is 11.6. The maximum absolute atomic E-state index is 13.1. The van der Waals surface area contributed by atoms with Crippen LogP contribution in [0.15, 0.2) is 53.1 Å². The highest BCUT2D eigenvalue weighted by Gasteiger charge is 2.22. The van der Waals surface area contributed by atoms with Gasteiger partial charge < -0.3 is 15.2 Å². The van der Waals surface area contributed by atoms with Gasteiger partial charge in [0.2, 0.25) is 11.8 Å². The van der Waals surface area contributed by atoms with Gasteiger partial charge >= 0.3 is 0 Å². The van der Waals surface area contributed by atoms with Crippen molar-refractivity contribution in [3.05, 3.63) is 71.6 Å². The number of nitrogens with zero attached hydrogens (tertiary/aromatic N) is 4. The molecular formula is C25H29FN6O3. The smallest absolute Gasteiger partial charge is 0.257 e. The van der Waals surface area contributed by atoms with Crippen molar-refractivity contribution in [3.63, 3.8) is 0 Å². The van der Waals surface area contributed by atoms with Gasteiger partial charge in [-0.05, 0) is 36.4 Å². The maximum atomic E-state index is 13.1. The molecule has 4 rings (SSSR count). The molecule has 3 aromatic rings. The molecule has 2 N–H and O–H groups in total. The third kappa shape index (κ3) is 6.71. The van der Waals surface area contributed by atoms with Crippen LogP contribution in [0.2, 0.25) is 0 Å². The summed E-state index contributed by atoms with van der Waals surface area (Å²) >= 11 is 0. The zero-order valence-electron chi connectivity index (χ0n) is 19.8. The van der Waals surface area contributed by atoms with Crippen LogP contribution in [0.5, 0.6) is 0 Å². The highest BCUT2D eigenvalue weighted by molar-refractivity contribution is 6.10. The summed E-state index contributed by atoms with van der Waals surface area (Å²) in [7, 11) is 0. The average Bonchev–Trinajstić information content (AvgIpc) is 3.31. The summed E-state index contributed by atoms with van der Waals surface area (Å²) in [4.78, 5) is 34.2. The molecule has 0 atom stereocenters. The van der Waals surface area contributed by atoms with Crippen molar-refractivity contribution >= 4 is 23.2 Å². The van der Waals surface area contributed by atoms with E-state index in [9.17, 15) is 14.0 Å². The van der Waals surface area contributed by atoms with E-state index in [1.165, 1.54) is 24.3 Å². The predicted molar refractivity (Wildman–Crippen MR) is 130 cm³/mol. The lowest BCUT2D eigenvalue weighted by molar-refractivity contribution is -0.117. The number of nitrogens with one attached hydrogen (secondary N) is 2. The highest BCUT2D eigenvalue weighted by atomic mass is 19.1. The lowest BCUT2D eigenvalue weighted by atomic mass is 10.1. The molecule has 9 nitrogen and oxygen atoms in total. The average molecular weight is 481 g/mol. The van der Waals surface area contributed by atoms with Gasteiger partial charge in [0, 0.05) is 37.8 Å². The molecule has 0 aliphatic carbocycles. The molecule has 0 unspecified atom stereocenters. The molecule has 0 bridgehead atoms. The van der Waals surface area contributed by atoms with Crippen LogP contribution in [0.3, 0.4) is 0 Å². The first kappa shape index (κ1) is 24.5. The number of rotatable bonds is 8. The monoisotopic (exact) mass is 480 g/mol. The number of carbonyl (C=O) groups excluding carboxylic acids is 2. The van der Waals surface area contributed by atoms with Crippen LogP contribution >= 0.6 is 0 Å². The minimum atomic E-state index is -0.386. The van der Waals surface area contributed by atoms with Gasteiger partial charge in [0.15, 0.2) is 5.82 Å². The molecule has 2 heterocycles. The number of benzene rings is 2. The Morgan fingerprint density at radius 3 is 2.37 bits per heavy atom. The Labute approximate surface area is 203 Å².